The van der Waals surface area contributed by atoms with Crippen molar-refractivity contribution in [1.82, 2.24) is 19.2 Å². The lowest BCUT2D eigenvalue weighted by atomic mass is 9.90. The fraction of sp³-hybridized carbons (Fsp3) is 0.435. The maximum absolute atomic E-state index is 5.30. The zero-order chi connectivity index (χ0) is 19.1. The van der Waals surface area contributed by atoms with Crippen LogP contribution in [-0.2, 0) is 0 Å². The summed E-state index contributed by atoms with van der Waals surface area (Å²) in [5.41, 5.74) is 4.52. The standard InChI is InChI=1S/C23H28N4O/c1-25-13-14-26(18-5-3-6-18)16-22(25)20-15-27-21(7-4-8-23(27)24-20)17-9-11-19(28-2)12-10-17/h4,7-12,15,18,22H,3,5-6,13-14,16H2,1-2H3/t22-/m1/s1. The van der Waals surface area contributed by atoms with Gasteiger partial charge < -0.3 is 4.74 Å². The molecule has 1 atom stereocenters. The average molecular weight is 377 g/mol. The number of piperazine rings is 1. The molecule has 28 heavy (non-hydrogen) atoms. The molecule has 2 aliphatic rings. The fourth-order valence-electron chi connectivity index (χ4n) is 4.48. The number of likely N-dealkylation sites (N-methyl/N-ethyl adjacent to an activating group) is 1. The molecule has 2 aromatic heterocycles. The van der Waals surface area contributed by atoms with Gasteiger partial charge in [0.05, 0.1) is 24.5 Å². The molecule has 1 aliphatic carbocycles. The highest BCUT2D eigenvalue weighted by Gasteiger charge is 2.33. The maximum Gasteiger partial charge on any atom is 0.137 e. The Balaban J connectivity index is 1.48. The molecule has 1 saturated carbocycles. The molecule has 3 heterocycles. The van der Waals surface area contributed by atoms with Gasteiger partial charge in [0.1, 0.15) is 11.4 Å². The van der Waals surface area contributed by atoms with Crippen molar-refractivity contribution in [2.75, 3.05) is 33.8 Å². The molecule has 5 rings (SSSR count). The van der Waals surface area contributed by atoms with E-state index in [4.69, 9.17) is 9.72 Å². The normalized spacial score (nSPS) is 21.7. The summed E-state index contributed by atoms with van der Waals surface area (Å²) in [6.07, 6.45) is 6.36. The number of benzene rings is 1. The second-order valence-corrected chi connectivity index (χ2v) is 8.11. The molecule has 1 aliphatic heterocycles. The summed E-state index contributed by atoms with van der Waals surface area (Å²) in [4.78, 5) is 10.2. The number of fused-ring (bicyclic) bond motifs is 1. The van der Waals surface area contributed by atoms with Gasteiger partial charge in [0.15, 0.2) is 0 Å². The Morgan fingerprint density at radius 3 is 2.57 bits per heavy atom. The lowest BCUT2D eigenvalue weighted by Gasteiger charge is -2.45. The van der Waals surface area contributed by atoms with Gasteiger partial charge >= 0.3 is 0 Å². The van der Waals surface area contributed by atoms with E-state index in [9.17, 15) is 0 Å². The Morgan fingerprint density at radius 1 is 1.04 bits per heavy atom. The summed E-state index contributed by atoms with van der Waals surface area (Å²) in [7, 11) is 3.93. The van der Waals surface area contributed by atoms with Crippen molar-refractivity contribution < 1.29 is 4.74 Å². The highest BCUT2D eigenvalue weighted by molar-refractivity contribution is 5.64. The number of methoxy groups -OCH3 is 1. The Kier molecular flexibility index (Phi) is 4.57. The van der Waals surface area contributed by atoms with Crippen LogP contribution in [-0.4, -0.2) is 59.0 Å². The van der Waals surface area contributed by atoms with Crippen molar-refractivity contribution in [2.45, 2.75) is 31.3 Å². The third kappa shape index (κ3) is 3.09. The maximum atomic E-state index is 5.30. The molecule has 0 spiro atoms. The Hall–Kier alpha value is -2.37. The predicted molar refractivity (Wildman–Crippen MR) is 112 cm³/mol. The molecule has 2 fully saturated rings. The molecule has 0 bridgehead atoms. The van der Waals surface area contributed by atoms with Crippen LogP contribution in [0.4, 0.5) is 0 Å². The Labute approximate surface area is 166 Å². The number of ether oxygens (including phenoxy) is 1. The number of imidazole rings is 1. The van der Waals surface area contributed by atoms with Crippen molar-refractivity contribution in [2.24, 2.45) is 0 Å². The second kappa shape index (κ2) is 7.22. The summed E-state index contributed by atoms with van der Waals surface area (Å²) in [5, 5.41) is 0. The van der Waals surface area contributed by atoms with Crippen molar-refractivity contribution in [1.29, 1.82) is 0 Å². The SMILES string of the molecule is COc1ccc(-c2cccc3nc([C@H]4CN(C5CCC5)CCN4C)cn23)cc1. The van der Waals surface area contributed by atoms with E-state index in [1.165, 1.54) is 37.1 Å². The van der Waals surface area contributed by atoms with Crippen molar-refractivity contribution in [3.05, 3.63) is 54.4 Å². The predicted octanol–water partition coefficient (Wildman–Crippen LogP) is 3.85. The molecular formula is C23H28N4O. The van der Waals surface area contributed by atoms with Crippen LogP contribution in [0.1, 0.15) is 31.0 Å². The van der Waals surface area contributed by atoms with Crippen LogP contribution in [0.25, 0.3) is 16.9 Å². The number of hydrogen-bond acceptors (Lipinski definition) is 4. The third-order valence-corrected chi connectivity index (χ3v) is 6.51. The molecule has 146 valence electrons. The highest BCUT2D eigenvalue weighted by atomic mass is 16.5. The molecule has 0 N–H and O–H groups in total. The van der Waals surface area contributed by atoms with Gasteiger partial charge in [0, 0.05) is 31.9 Å². The van der Waals surface area contributed by atoms with Gasteiger partial charge in [-0.05, 0) is 61.9 Å². The molecule has 3 aromatic rings. The van der Waals surface area contributed by atoms with Crippen LogP contribution >= 0.6 is 0 Å². The van der Waals surface area contributed by atoms with E-state index in [0.717, 1.165) is 36.2 Å². The number of rotatable bonds is 4. The molecule has 0 radical (unpaired) electrons. The first-order valence-electron chi connectivity index (χ1n) is 10.3. The van der Waals surface area contributed by atoms with E-state index in [0.29, 0.717) is 6.04 Å². The summed E-state index contributed by atoms with van der Waals surface area (Å²) in [5.74, 6) is 0.877. The zero-order valence-electron chi connectivity index (χ0n) is 16.7. The summed E-state index contributed by atoms with van der Waals surface area (Å²) >= 11 is 0. The summed E-state index contributed by atoms with van der Waals surface area (Å²) < 4.78 is 7.53. The molecule has 1 saturated heterocycles. The molecule has 0 unspecified atom stereocenters. The third-order valence-electron chi connectivity index (χ3n) is 6.51. The van der Waals surface area contributed by atoms with E-state index in [1.807, 2.05) is 12.1 Å². The van der Waals surface area contributed by atoms with Gasteiger partial charge in [-0.3, -0.25) is 14.2 Å². The molecule has 5 heteroatoms. The average Bonchev–Trinajstić information content (AvgIpc) is 3.12. The van der Waals surface area contributed by atoms with Gasteiger partial charge in [-0.1, -0.05) is 12.5 Å². The van der Waals surface area contributed by atoms with Crippen LogP contribution < -0.4 is 4.74 Å². The lowest BCUT2D eigenvalue weighted by molar-refractivity contribution is 0.0344. The van der Waals surface area contributed by atoms with Crippen LogP contribution in [0.15, 0.2) is 48.7 Å². The summed E-state index contributed by atoms with van der Waals surface area (Å²) in [6, 6.07) is 15.7. The molecule has 5 nitrogen and oxygen atoms in total. The first-order valence-corrected chi connectivity index (χ1v) is 10.3. The molecular weight excluding hydrogens is 348 g/mol. The topological polar surface area (TPSA) is 33.0 Å². The van der Waals surface area contributed by atoms with E-state index in [1.54, 1.807) is 7.11 Å². The van der Waals surface area contributed by atoms with Crippen molar-refractivity contribution in [3.63, 3.8) is 0 Å². The van der Waals surface area contributed by atoms with Crippen molar-refractivity contribution in [3.8, 4) is 17.0 Å². The number of hydrogen-bond donors (Lipinski definition) is 0. The monoisotopic (exact) mass is 376 g/mol. The number of nitrogens with zero attached hydrogens (tertiary/aromatic N) is 4. The summed E-state index contributed by atoms with van der Waals surface area (Å²) in [6.45, 7) is 3.38. The van der Waals surface area contributed by atoms with E-state index >= 15 is 0 Å². The largest absolute Gasteiger partial charge is 0.497 e. The Bertz CT molecular complexity index is 960. The van der Waals surface area contributed by atoms with E-state index in [-0.39, 0.29) is 0 Å². The quantitative estimate of drug-likeness (QED) is 0.692. The van der Waals surface area contributed by atoms with E-state index < -0.39 is 0 Å². The van der Waals surface area contributed by atoms with Gasteiger partial charge in [-0.15, -0.1) is 0 Å². The highest BCUT2D eigenvalue weighted by Crippen LogP contribution is 2.32. The van der Waals surface area contributed by atoms with Crippen LogP contribution in [0.2, 0.25) is 0 Å². The molecule has 0 amide bonds. The lowest BCUT2D eigenvalue weighted by Crippen LogP contribution is -2.52. The van der Waals surface area contributed by atoms with Crippen LogP contribution in [0.3, 0.4) is 0 Å². The zero-order valence-corrected chi connectivity index (χ0v) is 16.7. The second-order valence-electron chi connectivity index (χ2n) is 8.11. The fourth-order valence-corrected chi connectivity index (χ4v) is 4.48. The van der Waals surface area contributed by atoms with Crippen molar-refractivity contribution >= 4 is 5.65 Å². The van der Waals surface area contributed by atoms with Gasteiger partial charge in [0.25, 0.3) is 0 Å². The minimum atomic E-state index is 0.359. The van der Waals surface area contributed by atoms with Crippen LogP contribution in [0, 0.1) is 0 Å². The minimum Gasteiger partial charge on any atom is -0.497 e. The smallest absolute Gasteiger partial charge is 0.137 e. The van der Waals surface area contributed by atoms with Gasteiger partial charge in [-0.2, -0.15) is 0 Å². The first-order chi connectivity index (χ1) is 13.7. The van der Waals surface area contributed by atoms with Gasteiger partial charge in [0.2, 0.25) is 0 Å². The number of pyridine rings is 1. The molecule has 1 aromatic carbocycles. The minimum absolute atomic E-state index is 0.359. The first kappa shape index (κ1) is 17.7. The van der Waals surface area contributed by atoms with E-state index in [2.05, 4.69) is 57.8 Å². The van der Waals surface area contributed by atoms with Crippen LogP contribution in [0.5, 0.6) is 5.75 Å². The number of aromatic nitrogens is 2. The Morgan fingerprint density at radius 2 is 1.86 bits per heavy atom. The van der Waals surface area contributed by atoms with Gasteiger partial charge in [-0.25, -0.2) is 4.98 Å².